The number of nitrogens with zero attached hydrogens (tertiary/aromatic N) is 2. The molecule has 1 amide bonds. The number of carbonyl (C=O) groups is 1. The molecule has 7 nitrogen and oxygen atoms in total. The topological polar surface area (TPSA) is 108 Å². The molecule has 92 valence electrons. The van der Waals surface area contributed by atoms with Crippen LogP contribution >= 0.6 is 0 Å². The molecule has 0 unspecified atom stereocenters. The smallest absolute Gasteiger partial charge is 0.338 e. The third kappa shape index (κ3) is 2.44. The SMILES string of the molecule is COc1cc(C(N)=O)nc(C(F)F)c1[N+](=O)[O-]. The minimum Gasteiger partial charge on any atom is -0.490 e. The number of hydrogen-bond acceptors (Lipinski definition) is 5. The first kappa shape index (κ1) is 12.7. The van der Waals surface area contributed by atoms with E-state index in [4.69, 9.17) is 5.73 Å². The monoisotopic (exact) mass is 247 g/mol. The average Bonchev–Trinajstić information content (AvgIpc) is 2.26. The van der Waals surface area contributed by atoms with Gasteiger partial charge in [-0.3, -0.25) is 14.9 Å². The second-order valence-corrected chi connectivity index (χ2v) is 2.87. The van der Waals surface area contributed by atoms with E-state index in [2.05, 4.69) is 9.72 Å². The molecule has 0 fully saturated rings. The van der Waals surface area contributed by atoms with Gasteiger partial charge in [0.1, 0.15) is 5.69 Å². The van der Waals surface area contributed by atoms with Crippen LogP contribution in [0.25, 0.3) is 0 Å². The van der Waals surface area contributed by atoms with E-state index >= 15 is 0 Å². The Labute approximate surface area is 93.3 Å². The summed E-state index contributed by atoms with van der Waals surface area (Å²) in [7, 11) is 1.04. The van der Waals surface area contributed by atoms with Crippen molar-refractivity contribution in [1.29, 1.82) is 0 Å². The molecule has 0 aromatic carbocycles. The Bertz CT molecular complexity index is 478. The summed E-state index contributed by atoms with van der Waals surface area (Å²) in [6.45, 7) is 0. The molecule has 17 heavy (non-hydrogen) atoms. The Kier molecular flexibility index (Phi) is 3.51. The van der Waals surface area contributed by atoms with Crippen molar-refractivity contribution < 1.29 is 23.2 Å². The van der Waals surface area contributed by atoms with E-state index in [1.165, 1.54) is 0 Å². The van der Waals surface area contributed by atoms with Gasteiger partial charge in [0.05, 0.1) is 12.0 Å². The molecular weight excluding hydrogens is 240 g/mol. The van der Waals surface area contributed by atoms with E-state index in [1.54, 1.807) is 0 Å². The maximum absolute atomic E-state index is 12.6. The van der Waals surface area contributed by atoms with Crippen LogP contribution in [0.3, 0.4) is 0 Å². The van der Waals surface area contributed by atoms with E-state index in [0.717, 1.165) is 13.2 Å². The van der Waals surface area contributed by atoms with Crippen LogP contribution in [0, 0.1) is 10.1 Å². The number of ether oxygens (including phenoxy) is 1. The number of methoxy groups -OCH3 is 1. The van der Waals surface area contributed by atoms with Gasteiger partial charge < -0.3 is 10.5 Å². The van der Waals surface area contributed by atoms with Crippen LogP contribution in [-0.2, 0) is 0 Å². The molecule has 9 heteroatoms. The molecule has 2 N–H and O–H groups in total. The fourth-order valence-corrected chi connectivity index (χ4v) is 1.15. The Hall–Kier alpha value is -2.32. The molecule has 0 bridgehead atoms. The zero-order valence-corrected chi connectivity index (χ0v) is 8.52. The second-order valence-electron chi connectivity index (χ2n) is 2.87. The van der Waals surface area contributed by atoms with Crippen molar-refractivity contribution in [3.63, 3.8) is 0 Å². The first-order valence-corrected chi connectivity index (χ1v) is 4.19. The number of hydrogen-bond donors (Lipinski definition) is 1. The summed E-state index contributed by atoms with van der Waals surface area (Å²) in [5.41, 5.74) is 2.21. The standard InChI is InChI=1S/C8H7F2N3O4/c1-17-4-2-3(8(11)14)12-5(7(9)10)6(4)13(15)16/h2,7H,1H3,(H2,11,14). The number of nitrogens with two attached hydrogens (primary N) is 1. The molecule has 0 saturated heterocycles. The number of nitro groups is 1. The normalized spacial score (nSPS) is 10.4. The van der Waals surface area contributed by atoms with Gasteiger partial charge in [-0.25, -0.2) is 13.8 Å². The molecule has 1 aromatic heterocycles. The van der Waals surface area contributed by atoms with Crippen molar-refractivity contribution in [1.82, 2.24) is 4.98 Å². The van der Waals surface area contributed by atoms with Gasteiger partial charge in [-0.1, -0.05) is 0 Å². The summed E-state index contributed by atoms with van der Waals surface area (Å²) < 4.78 is 29.7. The third-order valence-electron chi connectivity index (χ3n) is 1.85. The van der Waals surface area contributed by atoms with Crippen molar-refractivity contribution in [3.8, 4) is 5.75 Å². The molecule has 1 heterocycles. The fraction of sp³-hybridized carbons (Fsp3) is 0.250. The summed E-state index contributed by atoms with van der Waals surface area (Å²) in [6, 6.07) is 0.840. The van der Waals surface area contributed by atoms with Crippen molar-refractivity contribution in [3.05, 3.63) is 27.6 Å². The summed E-state index contributed by atoms with van der Waals surface area (Å²) in [6.07, 6.45) is -3.22. The summed E-state index contributed by atoms with van der Waals surface area (Å²) in [4.78, 5) is 23.5. The first-order chi connectivity index (χ1) is 7.88. The number of aromatic nitrogens is 1. The predicted molar refractivity (Wildman–Crippen MR) is 50.9 cm³/mol. The number of carbonyl (C=O) groups excluding carboxylic acids is 1. The lowest BCUT2D eigenvalue weighted by molar-refractivity contribution is -0.387. The highest BCUT2D eigenvalue weighted by molar-refractivity contribution is 5.91. The van der Waals surface area contributed by atoms with Crippen molar-refractivity contribution in [2.45, 2.75) is 6.43 Å². The molecule has 0 aliphatic carbocycles. The first-order valence-electron chi connectivity index (χ1n) is 4.19. The van der Waals surface area contributed by atoms with Crippen LogP contribution in [0.5, 0.6) is 5.75 Å². The highest BCUT2D eigenvalue weighted by atomic mass is 19.3. The van der Waals surface area contributed by atoms with Crippen LogP contribution in [-0.4, -0.2) is 22.9 Å². The summed E-state index contributed by atoms with van der Waals surface area (Å²) in [5.74, 6) is -1.57. The Morgan fingerprint density at radius 2 is 2.24 bits per heavy atom. The van der Waals surface area contributed by atoms with Crippen LogP contribution in [0.4, 0.5) is 14.5 Å². The van der Waals surface area contributed by atoms with E-state index in [1.807, 2.05) is 0 Å². The molecule has 0 aliphatic heterocycles. The van der Waals surface area contributed by atoms with Gasteiger partial charge in [-0.15, -0.1) is 0 Å². The lowest BCUT2D eigenvalue weighted by atomic mass is 10.2. The van der Waals surface area contributed by atoms with Crippen LogP contribution in [0.1, 0.15) is 22.6 Å². The number of rotatable bonds is 4. The molecular formula is C8H7F2N3O4. The molecule has 0 atom stereocenters. The van der Waals surface area contributed by atoms with E-state index in [9.17, 15) is 23.7 Å². The summed E-state index contributed by atoms with van der Waals surface area (Å²) >= 11 is 0. The lowest BCUT2D eigenvalue weighted by Gasteiger charge is -2.07. The minimum atomic E-state index is -3.22. The maximum atomic E-state index is 12.6. The Morgan fingerprint density at radius 1 is 1.65 bits per heavy atom. The van der Waals surface area contributed by atoms with Gasteiger partial charge in [0.2, 0.25) is 5.75 Å². The van der Waals surface area contributed by atoms with Gasteiger partial charge in [0.25, 0.3) is 12.3 Å². The van der Waals surface area contributed by atoms with Gasteiger partial charge >= 0.3 is 5.69 Å². The number of primary amides is 1. The predicted octanol–water partition coefficient (Wildman–Crippen LogP) is 1.03. The quantitative estimate of drug-likeness (QED) is 0.631. The lowest BCUT2D eigenvalue weighted by Crippen LogP contribution is -2.15. The highest BCUT2D eigenvalue weighted by Crippen LogP contribution is 2.35. The van der Waals surface area contributed by atoms with Crippen molar-refractivity contribution in [2.24, 2.45) is 5.73 Å². The Balaban J connectivity index is 3.57. The molecule has 0 radical (unpaired) electrons. The largest absolute Gasteiger partial charge is 0.490 e. The summed E-state index contributed by atoms with van der Waals surface area (Å²) in [5, 5.41) is 10.6. The third-order valence-corrected chi connectivity index (χ3v) is 1.85. The van der Waals surface area contributed by atoms with E-state index in [-0.39, 0.29) is 0 Å². The van der Waals surface area contributed by atoms with Crippen molar-refractivity contribution in [2.75, 3.05) is 7.11 Å². The van der Waals surface area contributed by atoms with E-state index in [0.29, 0.717) is 0 Å². The molecule has 0 aliphatic rings. The number of amides is 1. The number of pyridine rings is 1. The molecule has 1 rings (SSSR count). The average molecular weight is 247 g/mol. The molecule has 0 spiro atoms. The van der Waals surface area contributed by atoms with Crippen LogP contribution in [0.15, 0.2) is 6.07 Å². The number of alkyl halides is 2. The minimum absolute atomic E-state index is 0.492. The fourth-order valence-electron chi connectivity index (χ4n) is 1.15. The maximum Gasteiger partial charge on any atom is 0.338 e. The zero-order valence-electron chi connectivity index (χ0n) is 8.52. The number of halogens is 2. The van der Waals surface area contributed by atoms with Gasteiger partial charge in [0, 0.05) is 6.07 Å². The molecule has 1 aromatic rings. The zero-order chi connectivity index (χ0) is 13.2. The van der Waals surface area contributed by atoms with Gasteiger partial charge in [-0.2, -0.15) is 0 Å². The van der Waals surface area contributed by atoms with Gasteiger partial charge in [-0.05, 0) is 0 Å². The van der Waals surface area contributed by atoms with Crippen LogP contribution in [0.2, 0.25) is 0 Å². The highest BCUT2D eigenvalue weighted by Gasteiger charge is 2.30. The van der Waals surface area contributed by atoms with Gasteiger partial charge in [0.15, 0.2) is 5.69 Å². The van der Waals surface area contributed by atoms with Crippen LogP contribution < -0.4 is 10.5 Å². The van der Waals surface area contributed by atoms with Crippen molar-refractivity contribution >= 4 is 11.6 Å². The van der Waals surface area contributed by atoms with E-state index < -0.39 is 40.1 Å². The molecule has 0 saturated carbocycles. The second kappa shape index (κ2) is 4.68. The Morgan fingerprint density at radius 3 is 2.59 bits per heavy atom.